The van der Waals surface area contributed by atoms with Gasteiger partial charge in [-0.2, -0.15) is 0 Å². The molecule has 1 unspecified atom stereocenters. The topological polar surface area (TPSA) is 18.5 Å². The van der Waals surface area contributed by atoms with Gasteiger partial charge in [-0.3, -0.25) is 0 Å². The average Bonchev–Trinajstić information content (AvgIpc) is 2.37. The zero-order chi connectivity index (χ0) is 14.3. The minimum Gasteiger partial charge on any atom is -0.463 e. The number of hydrogen-bond acceptors (Lipinski definition) is 2. The van der Waals surface area contributed by atoms with Gasteiger partial charge in [0.15, 0.2) is 0 Å². The van der Waals surface area contributed by atoms with Crippen molar-refractivity contribution in [2.45, 2.75) is 52.7 Å². The second kappa shape index (κ2) is 7.34. The molecule has 0 amide bonds. The third-order valence-electron chi connectivity index (χ3n) is 3.11. The van der Waals surface area contributed by atoms with Crippen LogP contribution in [-0.4, -0.2) is 12.4 Å². The van der Waals surface area contributed by atoms with Crippen LogP contribution in [0.15, 0.2) is 30.8 Å². The van der Waals surface area contributed by atoms with Crippen LogP contribution >= 0.6 is 0 Å². The Balaban J connectivity index is 2.75. The van der Waals surface area contributed by atoms with Gasteiger partial charge < -0.3 is 9.47 Å². The summed E-state index contributed by atoms with van der Waals surface area (Å²) in [6.07, 6.45) is 3.14. The molecule has 0 saturated carbocycles. The molecule has 1 aromatic carbocycles. The Kier molecular flexibility index (Phi) is 6.10. The minimum absolute atomic E-state index is 0.532. The molecule has 0 aliphatic rings. The minimum atomic E-state index is -0.532. The molecular weight excluding hydrogens is 236 g/mol. The lowest BCUT2D eigenvalue weighted by Gasteiger charge is -2.30. The van der Waals surface area contributed by atoms with Crippen molar-refractivity contribution in [1.82, 2.24) is 0 Å². The van der Waals surface area contributed by atoms with Crippen LogP contribution in [-0.2, 0) is 4.74 Å². The fourth-order valence-electron chi connectivity index (χ4n) is 2.01. The molecule has 1 aromatic rings. The molecule has 19 heavy (non-hydrogen) atoms. The fourth-order valence-corrected chi connectivity index (χ4v) is 2.01. The Bertz CT molecular complexity index is 394. The molecule has 2 heteroatoms. The van der Waals surface area contributed by atoms with Crippen molar-refractivity contribution >= 4 is 5.57 Å². The number of benzene rings is 1. The van der Waals surface area contributed by atoms with Gasteiger partial charge in [0.05, 0.1) is 0 Å². The summed E-state index contributed by atoms with van der Waals surface area (Å²) in [5, 5.41) is 0. The first-order chi connectivity index (χ1) is 9.00. The fraction of sp³-hybridized carbons (Fsp3) is 0.529. The zero-order valence-electron chi connectivity index (χ0n) is 12.7. The standard InChI is InChI=1S/C17H26O2/c1-6-8-13-17(5,18-7-2)19-16-11-9-15(10-12-16)14(3)4/h9-12H,3,6-8,13H2,1-2,4-5H3. The maximum atomic E-state index is 6.03. The Morgan fingerprint density at radius 3 is 2.32 bits per heavy atom. The molecular formula is C17H26O2. The van der Waals surface area contributed by atoms with E-state index in [1.165, 1.54) is 0 Å². The molecule has 0 radical (unpaired) electrons. The van der Waals surface area contributed by atoms with Crippen molar-refractivity contribution in [3.8, 4) is 5.75 Å². The highest BCUT2D eigenvalue weighted by atomic mass is 16.7. The van der Waals surface area contributed by atoms with E-state index < -0.39 is 5.79 Å². The maximum absolute atomic E-state index is 6.03. The van der Waals surface area contributed by atoms with Crippen LogP contribution in [0.2, 0.25) is 0 Å². The van der Waals surface area contributed by atoms with E-state index in [0.29, 0.717) is 6.61 Å². The summed E-state index contributed by atoms with van der Waals surface area (Å²) >= 11 is 0. The summed E-state index contributed by atoms with van der Waals surface area (Å²) < 4.78 is 11.8. The van der Waals surface area contributed by atoms with E-state index in [-0.39, 0.29) is 0 Å². The average molecular weight is 262 g/mol. The van der Waals surface area contributed by atoms with Crippen molar-refractivity contribution in [2.24, 2.45) is 0 Å². The Morgan fingerprint density at radius 1 is 1.21 bits per heavy atom. The van der Waals surface area contributed by atoms with Crippen LogP contribution < -0.4 is 4.74 Å². The molecule has 0 aliphatic carbocycles. The molecule has 106 valence electrons. The van der Waals surface area contributed by atoms with E-state index in [9.17, 15) is 0 Å². The summed E-state index contributed by atoms with van der Waals surface area (Å²) in [5.41, 5.74) is 2.20. The highest BCUT2D eigenvalue weighted by molar-refractivity contribution is 5.61. The monoisotopic (exact) mass is 262 g/mol. The van der Waals surface area contributed by atoms with Gasteiger partial charge in [0.2, 0.25) is 5.79 Å². The van der Waals surface area contributed by atoms with Crippen molar-refractivity contribution < 1.29 is 9.47 Å². The van der Waals surface area contributed by atoms with E-state index in [1.807, 2.05) is 45.0 Å². The number of ether oxygens (including phenoxy) is 2. The van der Waals surface area contributed by atoms with Crippen molar-refractivity contribution in [3.63, 3.8) is 0 Å². The summed E-state index contributed by atoms with van der Waals surface area (Å²) in [5.74, 6) is 0.312. The molecule has 0 spiro atoms. The van der Waals surface area contributed by atoms with Crippen LogP contribution in [0, 0.1) is 0 Å². The summed E-state index contributed by atoms with van der Waals surface area (Å²) in [4.78, 5) is 0. The third kappa shape index (κ3) is 5.07. The molecule has 0 N–H and O–H groups in total. The molecule has 1 rings (SSSR count). The summed E-state index contributed by atoms with van der Waals surface area (Å²) in [6.45, 7) is 12.8. The van der Waals surface area contributed by atoms with Crippen LogP contribution in [0.25, 0.3) is 5.57 Å². The molecule has 0 saturated heterocycles. The molecule has 0 heterocycles. The van der Waals surface area contributed by atoms with E-state index >= 15 is 0 Å². The van der Waals surface area contributed by atoms with E-state index in [2.05, 4.69) is 13.5 Å². The highest BCUT2D eigenvalue weighted by Crippen LogP contribution is 2.26. The first-order valence-corrected chi connectivity index (χ1v) is 7.09. The van der Waals surface area contributed by atoms with E-state index in [4.69, 9.17) is 9.47 Å². The van der Waals surface area contributed by atoms with Gasteiger partial charge in [-0.15, -0.1) is 0 Å². The Morgan fingerprint density at radius 2 is 1.84 bits per heavy atom. The normalized spacial score (nSPS) is 13.9. The van der Waals surface area contributed by atoms with Gasteiger partial charge in [0.1, 0.15) is 5.75 Å². The first-order valence-electron chi connectivity index (χ1n) is 7.09. The molecule has 1 atom stereocenters. The van der Waals surface area contributed by atoms with Gasteiger partial charge in [0, 0.05) is 20.0 Å². The zero-order valence-corrected chi connectivity index (χ0v) is 12.7. The number of unbranched alkanes of at least 4 members (excludes halogenated alkanes) is 1. The van der Waals surface area contributed by atoms with Crippen molar-refractivity contribution in [2.75, 3.05) is 6.61 Å². The molecule has 0 aromatic heterocycles. The summed E-state index contributed by atoms with van der Waals surface area (Å²) in [6, 6.07) is 8.02. The highest BCUT2D eigenvalue weighted by Gasteiger charge is 2.26. The second-order valence-electron chi connectivity index (χ2n) is 5.08. The number of hydrogen-bond donors (Lipinski definition) is 0. The van der Waals surface area contributed by atoms with Crippen molar-refractivity contribution in [1.29, 1.82) is 0 Å². The van der Waals surface area contributed by atoms with Crippen LogP contribution in [0.3, 0.4) is 0 Å². The summed E-state index contributed by atoms with van der Waals surface area (Å²) in [7, 11) is 0. The second-order valence-corrected chi connectivity index (χ2v) is 5.08. The molecule has 0 fully saturated rings. The Hall–Kier alpha value is -1.28. The SMILES string of the molecule is C=C(C)c1ccc(OC(C)(CCCC)OCC)cc1. The molecule has 0 aliphatic heterocycles. The van der Waals surface area contributed by atoms with Crippen molar-refractivity contribution in [3.05, 3.63) is 36.4 Å². The lowest BCUT2D eigenvalue weighted by molar-refractivity contribution is -0.171. The largest absolute Gasteiger partial charge is 0.463 e. The predicted molar refractivity (Wildman–Crippen MR) is 81.3 cm³/mol. The molecule has 0 bridgehead atoms. The lowest BCUT2D eigenvalue weighted by atomic mass is 10.1. The van der Waals surface area contributed by atoms with Crippen LogP contribution in [0.4, 0.5) is 0 Å². The first kappa shape index (κ1) is 15.8. The van der Waals surface area contributed by atoms with Gasteiger partial charge >= 0.3 is 0 Å². The van der Waals surface area contributed by atoms with E-state index in [0.717, 1.165) is 36.1 Å². The van der Waals surface area contributed by atoms with E-state index in [1.54, 1.807) is 0 Å². The van der Waals surface area contributed by atoms with Gasteiger partial charge in [0.25, 0.3) is 0 Å². The van der Waals surface area contributed by atoms with Gasteiger partial charge in [-0.05, 0) is 38.0 Å². The van der Waals surface area contributed by atoms with Gasteiger partial charge in [-0.1, -0.05) is 37.6 Å². The van der Waals surface area contributed by atoms with Crippen LogP contribution in [0.1, 0.15) is 52.5 Å². The quantitative estimate of drug-likeness (QED) is 0.611. The van der Waals surface area contributed by atoms with Gasteiger partial charge in [-0.25, -0.2) is 0 Å². The third-order valence-corrected chi connectivity index (χ3v) is 3.11. The Labute approximate surface area is 117 Å². The smallest absolute Gasteiger partial charge is 0.207 e. The van der Waals surface area contributed by atoms with Crippen LogP contribution in [0.5, 0.6) is 5.75 Å². The predicted octanol–water partition coefficient (Wildman–Crippen LogP) is 5.04. The number of rotatable bonds is 8. The molecule has 2 nitrogen and oxygen atoms in total. The lowest BCUT2D eigenvalue weighted by Crippen LogP contribution is -2.35. The maximum Gasteiger partial charge on any atom is 0.207 e. The number of allylic oxidation sites excluding steroid dienone is 1.